The van der Waals surface area contributed by atoms with E-state index in [1.165, 1.54) is 36.0 Å². The highest BCUT2D eigenvalue weighted by atomic mass is 14.5. The Morgan fingerprint density at radius 2 is 1.69 bits per heavy atom. The number of nitrogens with two attached hydrogens (primary N) is 1. The molecule has 0 aliphatic rings. The van der Waals surface area contributed by atoms with Gasteiger partial charge in [0, 0.05) is 0 Å². The third kappa shape index (κ3) is 3.97. The lowest BCUT2D eigenvalue weighted by molar-refractivity contribution is 0.686. The van der Waals surface area contributed by atoms with E-state index in [-0.39, 0.29) is 0 Å². The van der Waals surface area contributed by atoms with Crippen LogP contribution in [0.3, 0.4) is 0 Å². The summed E-state index contributed by atoms with van der Waals surface area (Å²) in [4.78, 5) is 0. The Balaban J connectivity index is 2.54. The molecule has 0 aliphatic carbocycles. The second-order valence-corrected chi connectivity index (χ2v) is 4.41. The predicted octanol–water partition coefficient (Wildman–Crippen LogP) is 3.48. The minimum Gasteiger partial charge on any atom is -0.330 e. The van der Waals surface area contributed by atoms with Crippen LogP contribution < -0.4 is 5.73 Å². The maximum absolute atomic E-state index is 5.49. The Labute approximate surface area is 100 Å². The van der Waals surface area contributed by atoms with Crippen molar-refractivity contribution in [2.45, 2.75) is 52.4 Å². The third-order valence-corrected chi connectivity index (χ3v) is 3.20. The second-order valence-electron chi connectivity index (χ2n) is 4.41. The van der Waals surface area contributed by atoms with Crippen molar-refractivity contribution in [3.05, 3.63) is 34.9 Å². The monoisotopic (exact) mass is 219 g/mol. The van der Waals surface area contributed by atoms with E-state index >= 15 is 0 Å². The number of hydrogen-bond donors (Lipinski definition) is 1. The normalized spacial score (nSPS) is 10.7. The van der Waals surface area contributed by atoms with Gasteiger partial charge in [-0.25, -0.2) is 0 Å². The highest BCUT2D eigenvalue weighted by Gasteiger charge is 2.00. The van der Waals surface area contributed by atoms with Crippen LogP contribution in [0.25, 0.3) is 0 Å². The molecule has 0 spiro atoms. The summed E-state index contributed by atoms with van der Waals surface area (Å²) in [6.07, 6.45) is 7.19. The minimum absolute atomic E-state index is 0.828. The molecule has 1 aromatic carbocycles. The van der Waals surface area contributed by atoms with Gasteiger partial charge in [0.1, 0.15) is 0 Å². The maximum Gasteiger partial charge on any atom is -0.00773 e. The molecule has 0 fully saturated rings. The van der Waals surface area contributed by atoms with Gasteiger partial charge in [-0.05, 0) is 55.3 Å². The standard InChI is InChI=1S/C15H25N/c1-3-14-10-9-13(12-15(14)4-2)8-6-5-7-11-16/h9-10,12H,3-8,11,16H2,1-2H3. The Kier molecular flexibility index (Phi) is 6.17. The van der Waals surface area contributed by atoms with Gasteiger partial charge >= 0.3 is 0 Å². The number of unbranched alkanes of at least 4 members (excludes halogenated alkanes) is 2. The van der Waals surface area contributed by atoms with E-state index < -0.39 is 0 Å². The maximum atomic E-state index is 5.49. The molecule has 0 aromatic heterocycles. The fourth-order valence-corrected chi connectivity index (χ4v) is 2.16. The van der Waals surface area contributed by atoms with Crippen LogP contribution in [0.2, 0.25) is 0 Å². The van der Waals surface area contributed by atoms with Crippen LogP contribution in [0.4, 0.5) is 0 Å². The van der Waals surface area contributed by atoms with Gasteiger partial charge in [-0.15, -0.1) is 0 Å². The lowest BCUT2D eigenvalue weighted by atomic mass is 9.97. The average Bonchev–Trinajstić information content (AvgIpc) is 2.34. The van der Waals surface area contributed by atoms with Crippen molar-refractivity contribution in [1.82, 2.24) is 0 Å². The van der Waals surface area contributed by atoms with Gasteiger partial charge in [0.15, 0.2) is 0 Å². The molecule has 0 bridgehead atoms. The van der Waals surface area contributed by atoms with Crippen molar-refractivity contribution >= 4 is 0 Å². The zero-order valence-corrected chi connectivity index (χ0v) is 10.8. The van der Waals surface area contributed by atoms with E-state index in [1.54, 1.807) is 0 Å². The molecule has 0 amide bonds. The Bertz CT molecular complexity index is 304. The topological polar surface area (TPSA) is 26.0 Å². The highest BCUT2D eigenvalue weighted by molar-refractivity contribution is 5.32. The number of benzene rings is 1. The van der Waals surface area contributed by atoms with Crippen molar-refractivity contribution in [3.8, 4) is 0 Å². The molecule has 1 aromatic rings. The molecule has 0 unspecified atom stereocenters. The van der Waals surface area contributed by atoms with Gasteiger partial charge in [-0.3, -0.25) is 0 Å². The van der Waals surface area contributed by atoms with Crippen molar-refractivity contribution < 1.29 is 0 Å². The molecular formula is C15H25N. The molecule has 0 heterocycles. The number of hydrogen-bond acceptors (Lipinski definition) is 1. The number of aryl methyl sites for hydroxylation is 3. The van der Waals surface area contributed by atoms with E-state index in [0.717, 1.165) is 25.8 Å². The SMILES string of the molecule is CCc1ccc(CCCCCN)cc1CC. The van der Waals surface area contributed by atoms with Gasteiger partial charge in [0.25, 0.3) is 0 Å². The van der Waals surface area contributed by atoms with Gasteiger partial charge < -0.3 is 5.73 Å². The first-order valence-corrected chi connectivity index (χ1v) is 6.62. The summed E-state index contributed by atoms with van der Waals surface area (Å²) in [6.45, 7) is 5.30. The molecular weight excluding hydrogens is 194 g/mol. The lowest BCUT2D eigenvalue weighted by Crippen LogP contribution is -1.99. The quantitative estimate of drug-likeness (QED) is 0.698. The van der Waals surface area contributed by atoms with Crippen molar-refractivity contribution in [2.75, 3.05) is 6.54 Å². The zero-order chi connectivity index (χ0) is 11.8. The van der Waals surface area contributed by atoms with Crippen LogP contribution in [0.1, 0.15) is 49.8 Å². The summed E-state index contributed by atoms with van der Waals surface area (Å²) >= 11 is 0. The minimum atomic E-state index is 0.828. The molecule has 16 heavy (non-hydrogen) atoms. The molecule has 0 aliphatic heterocycles. The lowest BCUT2D eigenvalue weighted by Gasteiger charge is -2.08. The van der Waals surface area contributed by atoms with Gasteiger partial charge in [-0.2, -0.15) is 0 Å². The van der Waals surface area contributed by atoms with E-state index in [2.05, 4.69) is 32.0 Å². The Hall–Kier alpha value is -0.820. The first-order chi connectivity index (χ1) is 7.81. The smallest absolute Gasteiger partial charge is 0.00773 e. The summed E-state index contributed by atoms with van der Waals surface area (Å²) in [6, 6.07) is 6.98. The molecule has 0 atom stereocenters. The molecule has 1 nitrogen and oxygen atoms in total. The summed E-state index contributed by atoms with van der Waals surface area (Å²) in [7, 11) is 0. The van der Waals surface area contributed by atoms with Crippen molar-refractivity contribution in [2.24, 2.45) is 5.73 Å². The fraction of sp³-hybridized carbons (Fsp3) is 0.600. The molecule has 0 radical (unpaired) electrons. The highest BCUT2D eigenvalue weighted by Crippen LogP contribution is 2.15. The third-order valence-electron chi connectivity index (χ3n) is 3.20. The summed E-state index contributed by atoms with van der Waals surface area (Å²) in [5.74, 6) is 0. The predicted molar refractivity (Wildman–Crippen MR) is 71.8 cm³/mol. The number of rotatable bonds is 7. The molecule has 2 N–H and O–H groups in total. The first-order valence-electron chi connectivity index (χ1n) is 6.62. The van der Waals surface area contributed by atoms with E-state index in [9.17, 15) is 0 Å². The van der Waals surface area contributed by atoms with E-state index in [1.807, 2.05) is 0 Å². The molecule has 0 saturated heterocycles. The van der Waals surface area contributed by atoms with Crippen LogP contribution in [0.15, 0.2) is 18.2 Å². The molecule has 1 rings (SSSR count). The van der Waals surface area contributed by atoms with Gasteiger partial charge in [0.2, 0.25) is 0 Å². The van der Waals surface area contributed by atoms with Crippen LogP contribution in [0.5, 0.6) is 0 Å². The van der Waals surface area contributed by atoms with E-state index in [0.29, 0.717) is 0 Å². The average molecular weight is 219 g/mol. The Morgan fingerprint density at radius 3 is 2.31 bits per heavy atom. The second kappa shape index (κ2) is 7.45. The molecule has 90 valence electrons. The van der Waals surface area contributed by atoms with E-state index in [4.69, 9.17) is 5.73 Å². The van der Waals surface area contributed by atoms with Crippen LogP contribution in [-0.2, 0) is 19.3 Å². The summed E-state index contributed by atoms with van der Waals surface area (Å²) in [5, 5.41) is 0. The molecule has 0 saturated carbocycles. The fourth-order valence-electron chi connectivity index (χ4n) is 2.16. The zero-order valence-electron chi connectivity index (χ0n) is 10.8. The van der Waals surface area contributed by atoms with Crippen LogP contribution >= 0.6 is 0 Å². The van der Waals surface area contributed by atoms with Gasteiger partial charge in [-0.1, -0.05) is 38.5 Å². The Morgan fingerprint density at radius 1 is 0.938 bits per heavy atom. The largest absolute Gasteiger partial charge is 0.330 e. The van der Waals surface area contributed by atoms with Crippen LogP contribution in [-0.4, -0.2) is 6.54 Å². The van der Waals surface area contributed by atoms with Crippen LogP contribution in [0, 0.1) is 0 Å². The van der Waals surface area contributed by atoms with Crippen molar-refractivity contribution in [1.29, 1.82) is 0 Å². The summed E-state index contributed by atoms with van der Waals surface area (Å²) < 4.78 is 0. The first kappa shape index (κ1) is 13.2. The van der Waals surface area contributed by atoms with Gasteiger partial charge in [0.05, 0.1) is 0 Å². The molecule has 1 heteroatoms. The summed E-state index contributed by atoms with van der Waals surface area (Å²) in [5.41, 5.74) is 10.0. The van der Waals surface area contributed by atoms with Crippen molar-refractivity contribution in [3.63, 3.8) is 0 Å².